The van der Waals surface area contributed by atoms with Crippen molar-refractivity contribution < 1.29 is 27.4 Å². The molecule has 0 saturated heterocycles. The summed E-state index contributed by atoms with van der Waals surface area (Å²) in [6, 6.07) is 17.5. The van der Waals surface area contributed by atoms with Gasteiger partial charge in [0, 0.05) is 5.69 Å². The number of carbonyl (C=O) groups excluding carboxylic acids is 1. The van der Waals surface area contributed by atoms with E-state index < -0.39 is 15.9 Å². The Balaban J connectivity index is 1.73. The molecule has 0 saturated carbocycles. The molecular weight excluding hydrogens is 456 g/mol. The van der Waals surface area contributed by atoms with Crippen LogP contribution in [0.25, 0.3) is 0 Å². The lowest BCUT2D eigenvalue weighted by Crippen LogP contribution is -2.21. The lowest BCUT2D eigenvalue weighted by molar-refractivity contribution is -0.118. The number of halogens is 1. The second kappa shape index (κ2) is 10.3. The minimum absolute atomic E-state index is 0.108. The maximum atomic E-state index is 12.9. The Bertz CT molecular complexity index is 1200. The summed E-state index contributed by atoms with van der Waals surface area (Å²) < 4.78 is 44.0. The van der Waals surface area contributed by atoms with Crippen molar-refractivity contribution in [3.8, 4) is 17.2 Å². The van der Waals surface area contributed by atoms with E-state index in [0.717, 1.165) is 0 Å². The van der Waals surface area contributed by atoms with Gasteiger partial charge < -0.3 is 19.5 Å². The first-order valence-electron chi connectivity index (χ1n) is 9.34. The second-order valence-electron chi connectivity index (χ2n) is 6.46. The molecule has 0 aliphatic carbocycles. The van der Waals surface area contributed by atoms with Crippen LogP contribution in [0, 0.1) is 0 Å². The number of para-hydroxylation sites is 1. The van der Waals surface area contributed by atoms with Gasteiger partial charge in [0.25, 0.3) is 15.9 Å². The van der Waals surface area contributed by atoms with Crippen LogP contribution >= 0.6 is 11.6 Å². The average Bonchev–Trinajstić information content (AvgIpc) is 2.79. The number of hydrogen-bond donors (Lipinski definition) is 2. The molecule has 0 aliphatic rings. The molecule has 10 heteroatoms. The van der Waals surface area contributed by atoms with Gasteiger partial charge in [-0.15, -0.1) is 0 Å². The van der Waals surface area contributed by atoms with Crippen LogP contribution in [-0.2, 0) is 14.8 Å². The Hall–Kier alpha value is -3.43. The summed E-state index contributed by atoms with van der Waals surface area (Å²) in [6.07, 6.45) is 0. The largest absolute Gasteiger partial charge is 0.497 e. The SMILES string of the molecule is COc1ccc(OCC(=O)Nc2ccc(OC)c(S(=O)(=O)Nc3ccccc3Cl)c2)cc1. The molecule has 0 spiro atoms. The van der Waals surface area contributed by atoms with Crippen LogP contribution in [0.4, 0.5) is 11.4 Å². The van der Waals surface area contributed by atoms with Gasteiger partial charge in [0.05, 0.1) is 24.9 Å². The van der Waals surface area contributed by atoms with Crippen molar-refractivity contribution in [1.82, 2.24) is 0 Å². The van der Waals surface area contributed by atoms with E-state index in [1.165, 1.54) is 31.4 Å². The van der Waals surface area contributed by atoms with Gasteiger partial charge >= 0.3 is 0 Å². The number of rotatable bonds is 9. The second-order valence-corrected chi connectivity index (χ2v) is 8.52. The third kappa shape index (κ3) is 5.83. The van der Waals surface area contributed by atoms with Gasteiger partial charge in [0.1, 0.15) is 22.1 Å². The van der Waals surface area contributed by atoms with E-state index in [1.54, 1.807) is 49.6 Å². The van der Waals surface area contributed by atoms with E-state index in [-0.39, 0.29) is 33.6 Å². The zero-order chi connectivity index (χ0) is 23.1. The highest BCUT2D eigenvalue weighted by Gasteiger charge is 2.22. The lowest BCUT2D eigenvalue weighted by Gasteiger charge is -2.14. The number of methoxy groups -OCH3 is 2. The van der Waals surface area contributed by atoms with Crippen molar-refractivity contribution >= 4 is 38.9 Å². The molecule has 3 rings (SSSR count). The van der Waals surface area contributed by atoms with Gasteiger partial charge in [0.15, 0.2) is 6.61 Å². The number of hydrogen-bond acceptors (Lipinski definition) is 6. The predicted molar refractivity (Wildman–Crippen MR) is 122 cm³/mol. The van der Waals surface area contributed by atoms with Crippen molar-refractivity contribution in [2.75, 3.05) is 30.9 Å². The van der Waals surface area contributed by atoms with E-state index >= 15 is 0 Å². The van der Waals surface area contributed by atoms with Crippen LogP contribution < -0.4 is 24.2 Å². The van der Waals surface area contributed by atoms with Crippen molar-refractivity contribution in [3.05, 3.63) is 71.8 Å². The Morgan fingerprint density at radius 2 is 1.62 bits per heavy atom. The van der Waals surface area contributed by atoms with Gasteiger partial charge in [-0.25, -0.2) is 8.42 Å². The molecule has 0 aliphatic heterocycles. The van der Waals surface area contributed by atoms with Crippen LogP contribution in [0.5, 0.6) is 17.2 Å². The zero-order valence-corrected chi connectivity index (χ0v) is 18.9. The van der Waals surface area contributed by atoms with Gasteiger partial charge in [-0.1, -0.05) is 23.7 Å². The Labute approximate surface area is 191 Å². The summed E-state index contributed by atoms with van der Waals surface area (Å²) in [5.41, 5.74) is 0.479. The fourth-order valence-corrected chi connectivity index (χ4v) is 4.24. The molecule has 32 heavy (non-hydrogen) atoms. The number of nitrogens with one attached hydrogen (secondary N) is 2. The maximum absolute atomic E-state index is 12.9. The first kappa shape index (κ1) is 23.2. The molecule has 168 valence electrons. The minimum Gasteiger partial charge on any atom is -0.497 e. The first-order valence-corrected chi connectivity index (χ1v) is 11.2. The van der Waals surface area contributed by atoms with Crippen molar-refractivity contribution in [2.24, 2.45) is 0 Å². The summed E-state index contributed by atoms with van der Waals surface area (Å²) in [6.45, 7) is -0.266. The summed E-state index contributed by atoms with van der Waals surface area (Å²) in [4.78, 5) is 12.1. The summed E-state index contributed by atoms with van der Waals surface area (Å²) in [5.74, 6) is 0.799. The summed E-state index contributed by atoms with van der Waals surface area (Å²) in [5, 5.41) is 2.86. The van der Waals surface area contributed by atoms with Crippen LogP contribution in [0.15, 0.2) is 71.6 Å². The number of anilines is 2. The monoisotopic (exact) mass is 476 g/mol. The van der Waals surface area contributed by atoms with E-state index in [4.69, 9.17) is 25.8 Å². The predicted octanol–water partition coefficient (Wildman–Crippen LogP) is 4.18. The molecule has 0 unspecified atom stereocenters. The molecule has 3 aromatic rings. The minimum atomic E-state index is -4.05. The Kier molecular flexibility index (Phi) is 7.45. The van der Waals surface area contributed by atoms with Gasteiger partial charge in [-0.05, 0) is 54.6 Å². The van der Waals surface area contributed by atoms with Gasteiger partial charge in [0.2, 0.25) is 0 Å². The van der Waals surface area contributed by atoms with Crippen LogP contribution in [0.1, 0.15) is 0 Å². The summed E-state index contributed by atoms with van der Waals surface area (Å²) >= 11 is 6.06. The highest BCUT2D eigenvalue weighted by molar-refractivity contribution is 7.92. The number of amides is 1. The van der Waals surface area contributed by atoms with Gasteiger partial charge in [-0.3, -0.25) is 9.52 Å². The number of sulfonamides is 1. The molecule has 0 heterocycles. The number of ether oxygens (including phenoxy) is 3. The Morgan fingerprint density at radius 1 is 0.938 bits per heavy atom. The molecule has 0 radical (unpaired) electrons. The van der Waals surface area contributed by atoms with E-state index in [2.05, 4.69) is 10.0 Å². The number of benzene rings is 3. The third-order valence-electron chi connectivity index (χ3n) is 4.28. The molecule has 8 nitrogen and oxygen atoms in total. The van der Waals surface area contributed by atoms with E-state index in [0.29, 0.717) is 11.5 Å². The van der Waals surface area contributed by atoms with Crippen molar-refractivity contribution in [2.45, 2.75) is 4.90 Å². The van der Waals surface area contributed by atoms with Crippen molar-refractivity contribution in [3.63, 3.8) is 0 Å². The van der Waals surface area contributed by atoms with Crippen LogP contribution in [-0.4, -0.2) is 35.2 Å². The van der Waals surface area contributed by atoms with Crippen LogP contribution in [0.2, 0.25) is 5.02 Å². The molecule has 0 bridgehead atoms. The highest BCUT2D eigenvalue weighted by atomic mass is 35.5. The number of carbonyl (C=O) groups is 1. The topological polar surface area (TPSA) is 103 Å². The average molecular weight is 477 g/mol. The normalized spacial score (nSPS) is 10.8. The smallest absolute Gasteiger partial charge is 0.265 e. The molecular formula is C22H21ClN2O6S. The first-order chi connectivity index (χ1) is 15.3. The van der Waals surface area contributed by atoms with E-state index in [1.807, 2.05) is 0 Å². The molecule has 1 amide bonds. The fraction of sp³-hybridized carbons (Fsp3) is 0.136. The molecule has 0 atom stereocenters. The summed E-state index contributed by atoms with van der Waals surface area (Å²) in [7, 11) is -1.15. The lowest BCUT2D eigenvalue weighted by atomic mass is 10.3. The molecule has 3 aromatic carbocycles. The maximum Gasteiger partial charge on any atom is 0.265 e. The molecule has 0 fully saturated rings. The van der Waals surface area contributed by atoms with Gasteiger partial charge in [-0.2, -0.15) is 0 Å². The highest BCUT2D eigenvalue weighted by Crippen LogP contribution is 2.30. The standard InChI is InChI=1S/C22H21ClN2O6S/c1-29-16-8-10-17(11-9-16)31-14-22(26)24-15-7-12-20(30-2)21(13-15)32(27,28)25-19-6-4-3-5-18(19)23/h3-13,25H,14H2,1-2H3,(H,24,26). The van der Waals surface area contributed by atoms with Crippen molar-refractivity contribution in [1.29, 1.82) is 0 Å². The fourth-order valence-electron chi connectivity index (χ4n) is 2.73. The molecule has 2 N–H and O–H groups in total. The van der Waals surface area contributed by atoms with Crippen LogP contribution in [0.3, 0.4) is 0 Å². The molecule has 0 aromatic heterocycles. The zero-order valence-electron chi connectivity index (χ0n) is 17.3. The van der Waals surface area contributed by atoms with E-state index in [9.17, 15) is 13.2 Å². The quantitative estimate of drug-likeness (QED) is 0.480. The third-order valence-corrected chi connectivity index (χ3v) is 6.00. The Morgan fingerprint density at radius 3 is 2.28 bits per heavy atom.